The van der Waals surface area contributed by atoms with Crippen molar-refractivity contribution in [1.29, 1.82) is 0 Å². The minimum absolute atomic E-state index is 0.538. The summed E-state index contributed by atoms with van der Waals surface area (Å²) in [6.45, 7) is 0. The van der Waals surface area contributed by atoms with E-state index in [0.29, 0.717) is 6.42 Å². The van der Waals surface area contributed by atoms with E-state index in [-0.39, 0.29) is 0 Å². The lowest BCUT2D eigenvalue weighted by molar-refractivity contribution is 0.178. The number of nitrogens with zero attached hydrogens (tertiary/aromatic N) is 2. The monoisotopic (exact) mass is 284 g/mol. The van der Waals surface area contributed by atoms with E-state index < -0.39 is 6.10 Å². The van der Waals surface area contributed by atoms with Crippen LogP contribution in [0, 0.1) is 0 Å². The Labute approximate surface area is 100.0 Å². The van der Waals surface area contributed by atoms with Gasteiger partial charge in [-0.3, -0.25) is 4.98 Å². The van der Waals surface area contributed by atoms with E-state index in [4.69, 9.17) is 0 Å². The highest BCUT2D eigenvalue weighted by Crippen LogP contribution is 2.21. The molecule has 2 aromatic rings. The summed E-state index contributed by atoms with van der Waals surface area (Å²) < 4.78 is 0.873. The second-order valence-corrected chi connectivity index (χ2v) is 4.98. The van der Waals surface area contributed by atoms with Crippen LogP contribution in [-0.4, -0.2) is 15.1 Å². The first-order valence-corrected chi connectivity index (χ1v) is 6.10. The van der Waals surface area contributed by atoms with Gasteiger partial charge < -0.3 is 5.11 Å². The molecule has 2 heterocycles. The zero-order chi connectivity index (χ0) is 10.7. The van der Waals surface area contributed by atoms with Gasteiger partial charge in [-0.2, -0.15) is 0 Å². The van der Waals surface area contributed by atoms with Crippen LogP contribution < -0.4 is 0 Å². The Hall–Kier alpha value is -0.780. The summed E-state index contributed by atoms with van der Waals surface area (Å²) in [6.07, 6.45) is 5.10. The second-order valence-electron chi connectivity index (χ2n) is 3.08. The van der Waals surface area contributed by atoms with Crippen LogP contribution in [-0.2, 0) is 6.42 Å². The molecule has 2 aromatic heterocycles. The maximum atomic E-state index is 9.92. The van der Waals surface area contributed by atoms with Crippen molar-refractivity contribution in [2.45, 2.75) is 12.5 Å². The molecule has 0 aliphatic carbocycles. The Balaban J connectivity index is 2.11. The molecule has 5 heteroatoms. The summed E-state index contributed by atoms with van der Waals surface area (Å²) in [5, 5.41) is 12.8. The standard InChI is InChI=1S/C10H9BrN2OS/c11-8-3-7(5-12-6-8)9(14)4-10-13-1-2-15-10/h1-3,5-6,9,14H,4H2. The predicted octanol–water partition coefficient (Wildman–Crippen LogP) is 2.58. The van der Waals surface area contributed by atoms with Crippen LogP contribution in [0.25, 0.3) is 0 Å². The molecule has 0 fully saturated rings. The van der Waals surface area contributed by atoms with Crippen LogP contribution in [0.5, 0.6) is 0 Å². The maximum absolute atomic E-state index is 9.92. The van der Waals surface area contributed by atoms with E-state index in [2.05, 4.69) is 25.9 Å². The van der Waals surface area contributed by atoms with Crippen molar-refractivity contribution in [2.24, 2.45) is 0 Å². The molecular formula is C10H9BrN2OS. The van der Waals surface area contributed by atoms with Gasteiger partial charge in [-0.05, 0) is 22.0 Å². The van der Waals surface area contributed by atoms with Gasteiger partial charge in [0.15, 0.2) is 0 Å². The van der Waals surface area contributed by atoms with Crippen LogP contribution in [0.1, 0.15) is 16.7 Å². The Bertz CT molecular complexity index is 433. The summed E-state index contributed by atoms with van der Waals surface area (Å²) in [4.78, 5) is 8.14. The molecule has 78 valence electrons. The van der Waals surface area contributed by atoms with E-state index in [1.165, 1.54) is 0 Å². The molecule has 2 rings (SSSR count). The Morgan fingerprint density at radius 2 is 2.33 bits per heavy atom. The fourth-order valence-corrected chi connectivity index (χ4v) is 2.28. The Morgan fingerprint density at radius 3 is 3.00 bits per heavy atom. The first kappa shape index (κ1) is 10.7. The molecule has 1 N–H and O–H groups in total. The second kappa shape index (κ2) is 4.83. The number of aliphatic hydroxyl groups is 1. The van der Waals surface area contributed by atoms with Gasteiger partial charge in [-0.25, -0.2) is 4.98 Å². The molecule has 0 aliphatic rings. The van der Waals surface area contributed by atoms with E-state index in [9.17, 15) is 5.11 Å². The molecule has 0 saturated carbocycles. The molecule has 0 aromatic carbocycles. The SMILES string of the molecule is OC(Cc1nccs1)c1cncc(Br)c1. The lowest BCUT2D eigenvalue weighted by Gasteiger charge is -2.08. The zero-order valence-corrected chi connectivity index (χ0v) is 10.2. The van der Waals surface area contributed by atoms with E-state index in [0.717, 1.165) is 15.0 Å². The summed E-state index contributed by atoms with van der Waals surface area (Å²) in [7, 11) is 0. The predicted molar refractivity (Wildman–Crippen MR) is 62.7 cm³/mol. The van der Waals surface area contributed by atoms with E-state index in [1.54, 1.807) is 29.9 Å². The minimum Gasteiger partial charge on any atom is -0.388 e. The number of rotatable bonds is 3. The van der Waals surface area contributed by atoms with Crippen LogP contribution >= 0.6 is 27.3 Å². The highest BCUT2D eigenvalue weighted by molar-refractivity contribution is 9.10. The third kappa shape index (κ3) is 2.84. The van der Waals surface area contributed by atoms with Gasteiger partial charge in [-0.15, -0.1) is 11.3 Å². The van der Waals surface area contributed by atoms with Gasteiger partial charge in [0.1, 0.15) is 0 Å². The van der Waals surface area contributed by atoms with E-state index in [1.807, 2.05) is 11.4 Å². The van der Waals surface area contributed by atoms with E-state index >= 15 is 0 Å². The lowest BCUT2D eigenvalue weighted by Crippen LogP contribution is -2.01. The summed E-state index contributed by atoms with van der Waals surface area (Å²) in [5.41, 5.74) is 0.805. The highest BCUT2D eigenvalue weighted by Gasteiger charge is 2.10. The molecule has 0 aliphatic heterocycles. The summed E-state index contributed by atoms with van der Waals surface area (Å²) in [5.74, 6) is 0. The molecule has 0 saturated heterocycles. The van der Waals surface area contributed by atoms with Crippen molar-refractivity contribution in [3.63, 3.8) is 0 Å². The maximum Gasteiger partial charge on any atom is 0.0954 e. The van der Waals surface area contributed by atoms with Crippen molar-refractivity contribution < 1.29 is 5.11 Å². The third-order valence-electron chi connectivity index (χ3n) is 1.96. The van der Waals surface area contributed by atoms with Crippen molar-refractivity contribution >= 4 is 27.3 Å². The number of pyridine rings is 1. The minimum atomic E-state index is -0.541. The molecule has 0 radical (unpaired) electrons. The molecule has 15 heavy (non-hydrogen) atoms. The van der Waals surface area contributed by atoms with Gasteiger partial charge in [0.05, 0.1) is 11.1 Å². The van der Waals surface area contributed by atoms with Crippen LogP contribution in [0.2, 0.25) is 0 Å². The normalized spacial score (nSPS) is 12.7. The van der Waals surface area contributed by atoms with Crippen molar-refractivity contribution in [2.75, 3.05) is 0 Å². The molecular weight excluding hydrogens is 276 g/mol. The number of aliphatic hydroxyl groups excluding tert-OH is 1. The van der Waals surface area contributed by atoms with Gasteiger partial charge in [0, 0.05) is 40.4 Å². The third-order valence-corrected chi connectivity index (χ3v) is 3.20. The molecule has 0 spiro atoms. The van der Waals surface area contributed by atoms with Gasteiger partial charge in [0.25, 0.3) is 0 Å². The summed E-state index contributed by atoms with van der Waals surface area (Å²) in [6, 6.07) is 1.87. The quantitative estimate of drug-likeness (QED) is 0.942. The molecule has 0 amide bonds. The number of thiazole rings is 1. The largest absolute Gasteiger partial charge is 0.388 e. The first-order chi connectivity index (χ1) is 7.25. The number of aromatic nitrogens is 2. The first-order valence-electron chi connectivity index (χ1n) is 4.42. The molecule has 0 bridgehead atoms. The fraction of sp³-hybridized carbons (Fsp3) is 0.200. The van der Waals surface area contributed by atoms with Crippen molar-refractivity contribution in [1.82, 2.24) is 9.97 Å². The highest BCUT2D eigenvalue weighted by atomic mass is 79.9. The van der Waals surface area contributed by atoms with Crippen LogP contribution in [0.15, 0.2) is 34.5 Å². The van der Waals surface area contributed by atoms with Crippen LogP contribution in [0.3, 0.4) is 0 Å². The lowest BCUT2D eigenvalue weighted by atomic mass is 10.1. The zero-order valence-electron chi connectivity index (χ0n) is 7.80. The average molecular weight is 285 g/mol. The molecule has 1 unspecified atom stereocenters. The van der Waals surface area contributed by atoms with Gasteiger partial charge >= 0.3 is 0 Å². The van der Waals surface area contributed by atoms with Gasteiger partial charge in [-0.1, -0.05) is 0 Å². The molecule has 3 nitrogen and oxygen atoms in total. The van der Waals surface area contributed by atoms with Crippen molar-refractivity contribution in [3.05, 3.63) is 45.1 Å². The number of hydrogen-bond donors (Lipinski definition) is 1. The Morgan fingerprint density at radius 1 is 1.47 bits per heavy atom. The number of halogens is 1. The topological polar surface area (TPSA) is 46.0 Å². The fourth-order valence-electron chi connectivity index (χ4n) is 1.25. The molecule has 1 atom stereocenters. The summed E-state index contributed by atoms with van der Waals surface area (Å²) >= 11 is 4.87. The van der Waals surface area contributed by atoms with Crippen molar-refractivity contribution in [3.8, 4) is 0 Å². The average Bonchev–Trinajstić information content (AvgIpc) is 2.70. The smallest absolute Gasteiger partial charge is 0.0954 e. The number of hydrogen-bond acceptors (Lipinski definition) is 4. The van der Waals surface area contributed by atoms with Crippen LogP contribution in [0.4, 0.5) is 0 Å². The van der Waals surface area contributed by atoms with Gasteiger partial charge in [0.2, 0.25) is 0 Å². The Kier molecular flexibility index (Phi) is 3.45.